The van der Waals surface area contributed by atoms with Crippen molar-refractivity contribution in [2.75, 3.05) is 11.4 Å². The van der Waals surface area contributed by atoms with Crippen LogP contribution in [-0.4, -0.2) is 32.3 Å². The number of aromatic nitrogens is 3. The normalized spacial score (nSPS) is 12.5. The minimum atomic E-state index is -4.59. The molecule has 0 saturated carbocycles. The Kier molecular flexibility index (Phi) is 6.77. The van der Waals surface area contributed by atoms with Crippen molar-refractivity contribution in [3.8, 4) is 6.07 Å². The van der Waals surface area contributed by atoms with E-state index in [0.29, 0.717) is 5.69 Å². The fraction of sp³-hybridized carbons (Fsp3) is 0.300. The molecule has 2 aromatic heterocycles. The van der Waals surface area contributed by atoms with Crippen LogP contribution in [0.15, 0.2) is 41.7 Å². The molecule has 1 aromatic carbocycles. The van der Waals surface area contributed by atoms with Gasteiger partial charge >= 0.3 is 6.18 Å². The van der Waals surface area contributed by atoms with E-state index in [0.717, 1.165) is 34.0 Å². The van der Waals surface area contributed by atoms with Crippen molar-refractivity contribution in [1.29, 1.82) is 5.26 Å². The summed E-state index contributed by atoms with van der Waals surface area (Å²) in [4.78, 5) is 14.6. The third-order valence-corrected chi connectivity index (χ3v) is 5.77. The first-order chi connectivity index (χ1) is 14.6. The number of carbonyl (C=O) groups excluding carboxylic acids is 1. The van der Waals surface area contributed by atoms with Gasteiger partial charge in [0.15, 0.2) is 10.8 Å². The van der Waals surface area contributed by atoms with Crippen molar-refractivity contribution < 1.29 is 18.0 Å². The summed E-state index contributed by atoms with van der Waals surface area (Å²) in [6, 6.07) is 10.1. The number of benzene rings is 1. The number of anilines is 1. The first kappa shape index (κ1) is 22.9. The number of amides is 1. The van der Waals surface area contributed by atoms with Crippen LogP contribution < -0.4 is 4.90 Å². The summed E-state index contributed by atoms with van der Waals surface area (Å²) >= 11 is 6.91. The van der Waals surface area contributed by atoms with E-state index in [9.17, 15) is 18.0 Å². The number of alkyl halides is 3. The third kappa shape index (κ3) is 5.11. The van der Waals surface area contributed by atoms with Gasteiger partial charge in [-0.1, -0.05) is 41.1 Å². The molecule has 1 atom stereocenters. The van der Waals surface area contributed by atoms with Crippen LogP contribution in [0.3, 0.4) is 0 Å². The average molecular weight is 468 g/mol. The number of aryl methyl sites for hydroxylation is 1. The van der Waals surface area contributed by atoms with Gasteiger partial charge in [0.1, 0.15) is 0 Å². The second kappa shape index (κ2) is 9.16. The molecule has 0 fully saturated rings. The number of hydrogen-bond donors (Lipinski definition) is 0. The molecule has 0 aliphatic carbocycles. The highest BCUT2D eigenvalue weighted by atomic mass is 35.5. The monoisotopic (exact) mass is 467 g/mol. The maximum atomic E-state index is 13.2. The molecule has 0 spiro atoms. The molecule has 0 aliphatic rings. The van der Waals surface area contributed by atoms with Crippen LogP contribution in [0.5, 0.6) is 0 Å². The predicted molar refractivity (Wildman–Crippen MR) is 112 cm³/mol. The molecule has 2 heterocycles. The zero-order valence-corrected chi connectivity index (χ0v) is 18.1. The molecule has 31 heavy (non-hydrogen) atoms. The third-order valence-electron chi connectivity index (χ3n) is 4.44. The predicted octanol–water partition coefficient (Wildman–Crippen LogP) is 5.14. The molecule has 0 radical (unpaired) electrons. The first-order valence-corrected chi connectivity index (χ1v) is 10.4. The van der Waals surface area contributed by atoms with Crippen LogP contribution >= 0.6 is 23.4 Å². The maximum absolute atomic E-state index is 13.2. The lowest BCUT2D eigenvalue weighted by Crippen LogP contribution is -2.37. The molecule has 3 aromatic rings. The lowest BCUT2D eigenvalue weighted by Gasteiger charge is -2.24. The Bertz CT molecular complexity index is 1140. The largest absolute Gasteiger partial charge is 0.417 e. The summed E-state index contributed by atoms with van der Waals surface area (Å²) in [7, 11) is 0. The molecular formula is C20H17ClF3N5OS. The zero-order chi connectivity index (χ0) is 22.8. The minimum absolute atomic E-state index is 0.0664. The fourth-order valence-electron chi connectivity index (χ4n) is 2.85. The summed E-state index contributed by atoms with van der Waals surface area (Å²) in [6.07, 6.45) is -3.60. The van der Waals surface area contributed by atoms with Crippen molar-refractivity contribution >= 4 is 40.6 Å². The van der Waals surface area contributed by atoms with Crippen LogP contribution in [-0.2, 0) is 11.0 Å². The molecule has 0 N–H and O–H groups in total. The summed E-state index contributed by atoms with van der Waals surface area (Å²) in [5, 5.41) is 15.9. The quantitative estimate of drug-likeness (QED) is 0.469. The highest BCUT2D eigenvalue weighted by molar-refractivity contribution is 8.00. The van der Waals surface area contributed by atoms with E-state index in [-0.39, 0.29) is 34.7 Å². The number of nitriles is 1. The Hall–Kier alpha value is -2.77. The Balaban J connectivity index is 1.90. The molecule has 0 aliphatic heterocycles. The van der Waals surface area contributed by atoms with Gasteiger partial charge in [-0.15, -0.1) is 10.2 Å². The van der Waals surface area contributed by atoms with E-state index >= 15 is 0 Å². The molecule has 162 valence electrons. The topological polar surface area (TPSA) is 74.3 Å². The Morgan fingerprint density at radius 3 is 2.61 bits per heavy atom. The molecular weight excluding hydrogens is 451 g/mol. The summed E-state index contributed by atoms with van der Waals surface area (Å²) in [5.41, 5.74) is 0.774. The Morgan fingerprint density at radius 2 is 2.00 bits per heavy atom. The van der Waals surface area contributed by atoms with Crippen molar-refractivity contribution in [2.24, 2.45) is 0 Å². The van der Waals surface area contributed by atoms with Crippen molar-refractivity contribution in [3.05, 3.63) is 52.7 Å². The van der Waals surface area contributed by atoms with Crippen LogP contribution in [0.4, 0.5) is 18.9 Å². The van der Waals surface area contributed by atoms with Crippen molar-refractivity contribution in [3.63, 3.8) is 0 Å². The van der Waals surface area contributed by atoms with Crippen molar-refractivity contribution in [2.45, 2.75) is 36.9 Å². The van der Waals surface area contributed by atoms with Gasteiger partial charge < -0.3 is 4.90 Å². The molecule has 1 unspecified atom stereocenters. The Labute approximate surface area is 185 Å². The van der Waals surface area contributed by atoms with Gasteiger partial charge in [0.05, 0.1) is 28.3 Å². The highest BCUT2D eigenvalue weighted by Gasteiger charge is 2.33. The van der Waals surface area contributed by atoms with Gasteiger partial charge in [0.2, 0.25) is 5.91 Å². The van der Waals surface area contributed by atoms with E-state index in [4.69, 9.17) is 16.9 Å². The van der Waals surface area contributed by atoms with Crippen LogP contribution in [0.25, 0.3) is 5.65 Å². The second-order valence-corrected chi connectivity index (χ2v) is 8.46. The number of carbonyl (C=O) groups is 1. The number of fused-ring (bicyclic) bond motifs is 1. The number of halogens is 4. The highest BCUT2D eigenvalue weighted by Crippen LogP contribution is 2.34. The van der Waals surface area contributed by atoms with Gasteiger partial charge in [0, 0.05) is 18.4 Å². The van der Waals surface area contributed by atoms with E-state index in [1.165, 1.54) is 4.90 Å². The summed E-state index contributed by atoms with van der Waals surface area (Å²) in [5.74, 6) is -0.307. The SMILES string of the molecule is Cc1ccc(N(CCC#N)C(=O)C(C)Sc2nnc3c(Cl)cc(C(F)(F)F)cn23)cc1. The minimum Gasteiger partial charge on any atom is -0.310 e. The fourth-order valence-corrected chi connectivity index (χ4v) is 3.98. The van der Waals surface area contributed by atoms with E-state index in [1.54, 1.807) is 19.1 Å². The lowest BCUT2D eigenvalue weighted by atomic mass is 10.2. The van der Waals surface area contributed by atoms with E-state index in [2.05, 4.69) is 10.2 Å². The number of nitrogens with zero attached hydrogens (tertiary/aromatic N) is 5. The van der Waals surface area contributed by atoms with Gasteiger partial charge in [-0.3, -0.25) is 9.20 Å². The Morgan fingerprint density at radius 1 is 1.32 bits per heavy atom. The number of hydrogen-bond acceptors (Lipinski definition) is 5. The molecule has 3 rings (SSSR count). The molecule has 11 heteroatoms. The smallest absolute Gasteiger partial charge is 0.310 e. The molecule has 6 nitrogen and oxygen atoms in total. The van der Waals surface area contributed by atoms with E-state index < -0.39 is 17.0 Å². The number of rotatable bonds is 6. The number of thioether (sulfide) groups is 1. The molecule has 0 saturated heterocycles. The maximum Gasteiger partial charge on any atom is 0.417 e. The summed E-state index contributed by atoms with van der Waals surface area (Å²) in [6.45, 7) is 3.73. The van der Waals surface area contributed by atoms with Gasteiger partial charge in [-0.05, 0) is 32.0 Å². The molecule has 0 bridgehead atoms. The molecule has 1 amide bonds. The average Bonchev–Trinajstić information content (AvgIpc) is 3.12. The zero-order valence-electron chi connectivity index (χ0n) is 16.5. The van der Waals surface area contributed by atoms with Gasteiger partial charge in [-0.25, -0.2) is 0 Å². The summed E-state index contributed by atoms with van der Waals surface area (Å²) < 4.78 is 40.6. The van der Waals surface area contributed by atoms with Crippen molar-refractivity contribution in [1.82, 2.24) is 14.6 Å². The van der Waals surface area contributed by atoms with Crippen LogP contribution in [0, 0.1) is 18.3 Å². The van der Waals surface area contributed by atoms with Crippen LogP contribution in [0.2, 0.25) is 5.02 Å². The lowest BCUT2D eigenvalue weighted by molar-refractivity contribution is -0.137. The second-order valence-electron chi connectivity index (χ2n) is 6.74. The van der Waals surface area contributed by atoms with E-state index in [1.807, 2.05) is 25.1 Å². The standard InChI is InChI=1S/C20H17ClF3N5OS/c1-12-4-6-15(7-5-12)28(9-3-8-25)18(30)13(2)31-19-27-26-17-16(21)10-14(11-29(17)19)20(22,23)24/h4-7,10-11,13H,3,9H2,1-2H3. The van der Waals surface area contributed by atoms with Gasteiger partial charge in [-0.2, -0.15) is 18.4 Å². The van der Waals surface area contributed by atoms with Gasteiger partial charge in [0.25, 0.3) is 0 Å². The first-order valence-electron chi connectivity index (χ1n) is 9.15. The number of pyridine rings is 1. The van der Waals surface area contributed by atoms with Crippen LogP contribution in [0.1, 0.15) is 24.5 Å².